The largest absolute Gasteiger partial charge is 0.378 e. The van der Waals surface area contributed by atoms with Crippen molar-refractivity contribution in [2.45, 2.75) is 4.34 Å². The lowest BCUT2D eigenvalue weighted by Crippen LogP contribution is -2.41. The molecule has 3 rings (SSSR count). The number of nitrogens with zero attached hydrogens (tertiary/aromatic N) is 2. The highest BCUT2D eigenvalue weighted by Crippen LogP contribution is 2.29. The van der Waals surface area contributed by atoms with Crippen LogP contribution in [0.25, 0.3) is 11.3 Å². The second-order valence-electron chi connectivity index (χ2n) is 4.79. The molecule has 1 aromatic heterocycles. The Morgan fingerprint density at radius 1 is 1.41 bits per heavy atom. The van der Waals surface area contributed by atoms with E-state index >= 15 is 0 Å². The van der Waals surface area contributed by atoms with Crippen LogP contribution in [0, 0.1) is 0 Å². The Morgan fingerprint density at radius 2 is 2.23 bits per heavy atom. The molecule has 7 heteroatoms. The summed E-state index contributed by atoms with van der Waals surface area (Å²) in [6.45, 7) is 2.63. The number of thiazole rings is 1. The van der Waals surface area contributed by atoms with Crippen molar-refractivity contribution in [3.8, 4) is 11.3 Å². The van der Waals surface area contributed by atoms with E-state index in [4.69, 9.17) is 16.3 Å². The Hall–Kier alpha value is -1.08. The second-order valence-corrected chi connectivity index (χ2v) is 7.31. The van der Waals surface area contributed by atoms with Crippen LogP contribution in [0.5, 0.6) is 0 Å². The maximum atomic E-state index is 12.1. The number of halogens is 1. The normalized spacial score (nSPS) is 15.0. The van der Waals surface area contributed by atoms with Gasteiger partial charge in [0.25, 0.3) is 0 Å². The standard InChI is InChI=1S/C15H15ClN2O2S2/c16-12-3-1-2-11(8-12)13-9-21-15(17-13)22-10-14(19)18-4-6-20-7-5-18/h1-3,8-9H,4-7,10H2. The van der Waals surface area contributed by atoms with Crippen LogP contribution < -0.4 is 0 Å². The number of thioether (sulfide) groups is 1. The zero-order valence-corrected chi connectivity index (χ0v) is 14.2. The van der Waals surface area contributed by atoms with Gasteiger partial charge < -0.3 is 9.64 Å². The molecular formula is C15H15ClN2O2S2. The van der Waals surface area contributed by atoms with E-state index in [1.165, 1.54) is 11.8 Å². The molecule has 0 radical (unpaired) electrons. The summed E-state index contributed by atoms with van der Waals surface area (Å²) in [5.74, 6) is 0.565. The number of hydrogen-bond donors (Lipinski definition) is 0. The molecule has 1 aliphatic heterocycles. The average molecular weight is 355 g/mol. The van der Waals surface area contributed by atoms with E-state index in [0.717, 1.165) is 15.6 Å². The smallest absolute Gasteiger partial charge is 0.233 e. The van der Waals surface area contributed by atoms with Gasteiger partial charge in [-0.1, -0.05) is 35.5 Å². The Bertz CT molecular complexity index is 656. The van der Waals surface area contributed by atoms with Crippen LogP contribution >= 0.6 is 34.7 Å². The highest BCUT2D eigenvalue weighted by molar-refractivity contribution is 8.01. The minimum atomic E-state index is 0.146. The third-order valence-electron chi connectivity index (χ3n) is 3.29. The third kappa shape index (κ3) is 4.01. The summed E-state index contributed by atoms with van der Waals surface area (Å²) in [6, 6.07) is 7.62. The Kier molecular flexibility index (Phi) is 5.36. The molecule has 4 nitrogen and oxygen atoms in total. The summed E-state index contributed by atoms with van der Waals surface area (Å²) in [7, 11) is 0. The Morgan fingerprint density at radius 3 is 3.00 bits per heavy atom. The van der Waals surface area contributed by atoms with Crippen molar-refractivity contribution in [1.82, 2.24) is 9.88 Å². The van der Waals surface area contributed by atoms with Crippen molar-refractivity contribution >= 4 is 40.6 Å². The van der Waals surface area contributed by atoms with Gasteiger partial charge in [-0.3, -0.25) is 4.79 Å². The lowest BCUT2D eigenvalue weighted by atomic mass is 10.2. The zero-order chi connectivity index (χ0) is 15.4. The number of carbonyl (C=O) groups is 1. The minimum absolute atomic E-state index is 0.146. The quantitative estimate of drug-likeness (QED) is 0.789. The summed E-state index contributed by atoms with van der Waals surface area (Å²) in [5.41, 5.74) is 1.89. The van der Waals surface area contributed by atoms with Crippen molar-refractivity contribution in [3.63, 3.8) is 0 Å². The first-order valence-corrected chi connectivity index (χ1v) is 9.16. The van der Waals surface area contributed by atoms with Crippen molar-refractivity contribution < 1.29 is 9.53 Å². The van der Waals surface area contributed by atoms with Crippen molar-refractivity contribution in [3.05, 3.63) is 34.7 Å². The molecule has 1 amide bonds. The molecule has 0 spiro atoms. The maximum Gasteiger partial charge on any atom is 0.233 e. The first-order valence-electron chi connectivity index (χ1n) is 6.92. The van der Waals surface area contributed by atoms with Gasteiger partial charge in [-0.05, 0) is 12.1 Å². The van der Waals surface area contributed by atoms with E-state index in [9.17, 15) is 4.79 Å². The molecule has 0 aliphatic carbocycles. The summed E-state index contributed by atoms with van der Waals surface area (Å²) < 4.78 is 6.15. The van der Waals surface area contributed by atoms with E-state index < -0.39 is 0 Å². The van der Waals surface area contributed by atoms with E-state index in [1.54, 1.807) is 11.3 Å². The lowest BCUT2D eigenvalue weighted by molar-refractivity contribution is -0.132. The van der Waals surface area contributed by atoms with Gasteiger partial charge in [0, 0.05) is 29.1 Å². The topological polar surface area (TPSA) is 42.4 Å². The summed E-state index contributed by atoms with van der Waals surface area (Å²) >= 11 is 9.04. The van der Waals surface area contributed by atoms with E-state index in [0.29, 0.717) is 37.1 Å². The fourth-order valence-electron chi connectivity index (χ4n) is 2.13. The van der Waals surface area contributed by atoms with Crippen molar-refractivity contribution in [1.29, 1.82) is 0 Å². The molecule has 2 heterocycles. The number of benzene rings is 1. The molecule has 0 bridgehead atoms. The summed E-state index contributed by atoms with van der Waals surface area (Å²) in [4.78, 5) is 18.5. The molecule has 0 unspecified atom stereocenters. The van der Waals surface area contributed by atoms with Gasteiger partial charge >= 0.3 is 0 Å². The molecule has 1 aliphatic rings. The number of carbonyl (C=O) groups excluding carboxylic acids is 1. The monoisotopic (exact) mass is 354 g/mol. The third-order valence-corrected chi connectivity index (χ3v) is 5.53. The van der Waals surface area contributed by atoms with E-state index in [-0.39, 0.29) is 5.91 Å². The molecule has 0 saturated carbocycles. The molecule has 116 valence electrons. The molecule has 1 saturated heterocycles. The number of morpholine rings is 1. The van der Waals surface area contributed by atoms with Crippen LogP contribution in [0.2, 0.25) is 5.02 Å². The summed E-state index contributed by atoms with van der Waals surface area (Å²) in [6.07, 6.45) is 0. The van der Waals surface area contributed by atoms with Crippen molar-refractivity contribution in [2.24, 2.45) is 0 Å². The van der Waals surface area contributed by atoms with Gasteiger partial charge in [-0.15, -0.1) is 11.3 Å². The minimum Gasteiger partial charge on any atom is -0.378 e. The second kappa shape index (κ2) is 7.46. The van der Waals surface area contributed by atoms with Gasteiger partial charge in [0.05, 0.1) is 24.7 Å². The maximum absolute atomic E-state index is 12.1. The fourth-order valence-corrected chi connectivity index (χ4v) is 4.06. The molecule has 1 fully saturated rings. The molecular weight excluding hydrogens is 340 g/mol. The SMILES string of the molecule is O=C(CSc1nc(-c2cccc(Cl)c2)cs1)N1CCOCC1. The van der Waals surface area contributed by atoms with Crippen LogP contribution in [-0.2, 0) is 9.53 Å². The highest BCUT2D eigenvalue weighted by Gasteiger charge is 2.17. The van der Waals surface area contributed by atoms with Gasteiger partial charge in [-0.25, -0.2) is 4.98 Å². The van der Waals surface area contributed by atoms with E-state index in [2.05, 4.69) is 4.98 Å². The predicted molar refractivity (Wildman–Crippen MR) is 90.7 cm³/mol. The van der Waals surface area contributed by atoms with Crippen molar-refractivity contribution in [2.75, 3.05) is 32.1 Å². The Balaban J connectivity index is 1.59. The van der Waals surface area contributed by atoms with Gasteiger partial charge in [-0.2, -0.15) is 0 Å². The average Bonchev–Trinajstić information content (AvgIpc) is 3.02. The number of amides is 1. The number of ether oxygens (including phenoxy) is 1. The van der Waals surface area contributed by atoms with Crippen LogP contribution in [0.1, 0.15) is 0 Å². The number of rotatable bonds is 4. The van der Waals surface area contributed by atoms with Gasteiger partial charge in [0.15, 0.2) is 4.34 Å². The number of hydrogen-bond acceptors (Lipinski definition) is 5. The van der Waals surface area contributed by atoms with Crippen LogP contribution in [0.15, 0.2) is 34.0 Å². The molecule has 1 aromatic carbocycles. The van der Waals surface area contributed by atoms with Crippen LogP contribution in [0.3, 0.4) is 0 Å². The lowest BCUT2D eigenvalue weighted by Gasteiger charge is -2.26. The van der Waals surface area contributed by atoms with Crippen LogP contribution in [-0.4, -0.2) is 47.8 Å². The van der Waals surface area contributed by atoms with Gasteiger partial charge in [0.2, 0.25) is 5.91 Å². The number of aromatic nitrogens is 1. The molecule has 0 atom stereocenters. The highest BCUT2D eigenvalue weighted by atomic mass is 35.5. The van der Waals surface area contributed by atoms with Gasteiger partial charge in [0.1, 0.15) is 0 Å². The Labute approximate surface area is 142 Å². The molecule has 2 aromatic rings. The summed E-state index contributed by atoms with van der Waals surface area (Å²) in [5, 5.41) is 2.69. The molecule has 0 N–H and O–H groups in total. The first-order chi connectivity index (χ1) is 10.7. The predicted octanol–water partition coefficient (Wildman–Crippen LogP) is 3.41. The zero-order valence-electron chi connectivity index (χ0n) is 11.8. The fraction of sp³-hybridized carbons (Fsp3) is 0.333. The molecule has 22 heavy (non-hydrogen) atoms. The van der Waals surface area contributed by atoms with E-state index in [1.807, 2.05) is 34.5 Å². The first kappa shape index (κ1) is 15.8. The van der Waals surface area contributed by atoms with Crippen LogP contribution in [0.4, 0.5) is 0 Å².